The van der Waals surface area contributed by atoms with Crippen molar-refractivity contribution in [2.75, 3.05) is 0 Å². The van der Waals surface area contributed by atoms with Gasteiger partial charge in [-0.25, -0.2) is 13.1 Å². The summed E-state index contributed by atoms with van der Waals surface area (Å²) in [5, 5.41) is 4.03. The number of hydrogen-bond donors (Lipinski definition) is 1. The Labute approximate surface area is 137 Å². The zero-order valence-corrected chi connectivity index (χ0v) is 13.6. The second-order valence-corrected chi connectivity index (χ2v) is 6.93. The Kier molecular flexibility index (Phi) is 4.69. The normalized spacial score (nSPS) is 13.8. The minimum absolute atomic E-state index is 0.304. The Balaban J connectivity index is 2.18. The van der Waals surface area contributed by atoms with Gasteiger partial charge in [0.05, 0.1) is 0 Å². The predicted molar refractivity (Wildman–Crippen MR) is 74.4 cm³/mol. The maximum absolute atomic E-state index is 12.5. The number of carbonyl (C=O) groups excluding carboxylic acids is 1. The molecule has 0 aromatic carbocycles. The molecule has 0 saturated heterocycles. The van der Waals surface area contributed by atoms with Gasteiger partial charge in [-0.15, -0.1) is 0 Å². The van der Waals surface area contributed by atoms with E-state index in [1.807, 2.05) is 0 Å². The average Bonchev–Trinajstić information content (AvgIpc) is 3.05. The Morgan fingerprint density at radius 2 is 2.13 bits per heavy atom. The van der Waals surface area contributed by atoms with Gasteiger partial charge in [0.2, 0.25) is 0 Å². The first kappa shape index (κ1) is 17.7. The molecule has 0 radical (unpaired) electrons. The number of aromatic nitrogens is 3. The van der Waals surface area contributed by atoms with Crippen LogP contribution in [0.4, 0.5) is 13.2 Å². The van der Waals surface area contributed by atoms with Crippen molar-refractivity contribution in [1.29, 1.82) is 0 Å². The van der Waals surface area contributed by atoms with Gasteiger partial charge < -0.3 is 0 Å². The van der Waals surface area contributed by atoms with Gasteiger partial charge in [-0.1, -0.05) is 11.6 Å². The molecule has 7 nitrogen and oxygen atoms in total. The molecule has 1 amide bonds. The Morgan fingerprint density at radius 3 is 2.61 bits per heavy atom. The molecule has 1 atom stereocenters. The van der Waals surface area contributed by atoms with E-state index in [0.29, 0.717) is 10.7 Å². The van der Waals surface area contributed by atoms with Crippen LogP contribution in [-0.2, 0) is 21.0 Å². The molecule has 1 N–H and O–H groups in total. The van der Waals surface area contributed by atoms with E-state index >= 15 is 0 Å². The summed E-state index contributed by atoms with van der Waals surface area (Å²) in [7, 11) is -4.27. The van der Waals surface area contributed by atoms with Gasteiger partial charge in [0.15, 0.2) is 10.8 Å². The van der Waals surface area contributed by atoms with Crippen LogP contribution in [0, 0.1) is 0 Å². The van der Waals surface area contributed by atoms with Crippen LogP contribution >= 0.6 is 23.1 Å². The topological polar surface area (TPSA) is 94.0 Å². The van der Waals surface area contributed by atoms with E-state index in [1.165, 1.54) is 6.92 Å². The van der Waals surface area contributed by atoms with Gasteiger partial charge in [0.25, 0.3) is 15.9 Å². The monoisotopic (exact) mass is 388 g/mol. The molecule has 0 fully saturated rings. The third-order valence-electron chi connectivity index (χ3n) is 2.70. The number of hydrogen-bond acceptors (Lipinski definition) is 6. The van der Waals surface area contributed by atoms with Crippen LogP contribution in [0.5, 0.6) is 0 Å². The fraction of sp³-hybridized carbons (Fsp3) is 0.300. The van der Waals surface area contributed by atoms with E-state index in [9.17, 15) is 26.4 Å². The molecule has 0 aliphatic rings. The first-order valence-electron chi connectivity index (χ1n) is 5.81. The molecule has 2 aromatic rings. The van der Waals surface area contributed by atoms with Crippen molar-refractivity contribution >= 4 is 39.1 Å². The summed E-state index contributed by atoms with van der Waals surface area (Å²) in [5.74, 6) is -1.07. The lowest BCUT2D eigenvalue weighted by atomic mass is 10.3. The van der Waals surface area contributed by atoms with Crippen molar-refractivity contribution in [3.05, 3.63) is 28.5 Å². The molecule has 2 rings (SSSR count). The third kappa shape index (κ3) is 3.82. The van der Waals surface area contributed by atoms with Crippen molar-refractivity contribution in [1.82, 2.24) is 18.9 Å². The summed E-state index contributed by atoms with van der Waals surface area (Å²) in [5.41, 5.74) is -1.19. The summed E-state index contributed by atoms with van der Waals surface area (Å²) >= 11 is 6.36. The first-order valence-corrected chi connectivity index (χ1v) is 8.51. The van der Waals surface area contributed by atoms with Gasteiger partial charge in [-0.2, -0.15) is 22.6 Å². The van der Waals surface area contributed by atoms with Gasteiger partial charge in [-0.3, -0.25) is 9.48 Å². The number of alkyl halides is 3. The van der Waals surface area contributed by atoms with E-state index in [0.717, 1.165) is 23.1 Å². The molecule has 0 bridgehead atoms. The number of sulfonamides is 1. The molecule has 126 valence electrons. The number of amides is 1. The largest absolute Gasteiger partial charge is 0.435 e. The van der Waals surface area contributed by atoms with Crippen LogP contribution in [0.15, 0.2) is 22.5 Å². The molecule has 0 spiro atoms. The van der Waals surface area contributed by atoms with Crippen molar-refractivity contribution in [3.63, 3.8) is 0 Å². The first-order chi connectivity index (χ1) is 10.5. The van der Waals surface area contributed by atoms with Crippen LogP contribution in [0.25, 0.3) is 0 Å². The average molecular weight is 389 g/mol. The highest BCUT2D eigenvalue weighted by Crippen LogP contribution is 2.28. The highest BCUT2D eigenvalue weighted by Gasteiger charge is 2.34. The number of nitrogens with one attached hydrogen (secondary N) is 1. The number of halogens is 4. The summed E-state index contributed by atoms with van der Waals surface area (Å²) in [6, 6.07) is -0.607. The van der Waals surface area contributed by atoms with Gasteiger partial charge in [-0.05, 0) is 24.5 Å². The number of carbonyl (C=O) groups is 1. The quantitative estimate of drug-likeness (QED) is 0.865. The van der Waals surface area contributed by atoms with E-state index in [4.69, 9.17) is 11.6 Å². The van der Waals surface area contributed by atoms with Crippen LogP contribution in [-0.4, -0.2) is 28.5 Å². The Hall–Kier alpha value is -1.66. The van der Waals surface area contributed by atoms with Gasteiger partial charge in [0, 0.05) is 11.6 Å². The number of rotatable bonds is 4. The SMILES string of the molecule is CC(C(=O)NS(=O)(=O)c1csnc1Cl)n1ccc(C(F)(F)F)n1. The predicted octanol–water partition coefficient (Wildman–Crippen LogP) is 2.08. The van der Waals surface area contributed by atoms with Crippen LogP contribution in [0.1, 0.15) is 18.7 Å². The molecular weight excluding hydrogens is 381 g/mol. The second-order valence-electron chi connectivity index (χ2n) is 4.29. The lowest BCUT2D eigenvalue weighted by molar-refractivity contribution is -0.142. The lowest BCUT2D eigenvalue weighted by Gasteiger charge is -2.12. The number of nitrogens with zero attached hydrogens (tertiary/aromatic N) is 3. The van der Waals surface area contributed by atoms with Gasteiger partial charge >= 0.3 is 6.18 Å². The fourth-order valence-electron chi connectivity index (χ4n) is 1.49. The molecule has 13 heteroatoms. The van der Waals surface area contributed by atoms with Crippen molar-refractivity contribution < 1.29 is 26.4 Å². The third-order valence-corrected chi connectivity index (χ3v) is 5.33. The minimum atomic E-state index is -4.66. The summed E-state index contributed by atoms with van der Waals surface area (Å²) in [6.45, 7) is 1.20. The van der Waals surface area contributed by atoms with Crippen LogP contribution in [0.3, 0.4) is 0 Å². The smallest absolute Gasteiger partial charge is 0.272 e. The molecule has 0 aliphatic heterocycles. The molecule has 2 heterocycles. The zero-order chi connectivity index (χ0) is 17.4. The fourth-order valence-corrected chi connectivity index (χ4v) is 3.99. The standard InChI is InChI=1S/C10H8ClF3N4O3S2/c1-5(18-3-2-7(15-18)10(12,13)14)9(19)17-23(20,21)6-4-22-16-8(6)11/h2-5H,1H3,(H,17,19). The highest BCUT2D eigenvalue weighted by molar-refractivity contribution is 7.90. The van der Waals surface area contributed by atoms with Gasteiger partial charge in [0.1, 0.15) is 10.9 Å². The maximum atomic E-state index is 12.5. The summed E-state index contributed by atoms with van der Waals surface area (Å²) < 4.78 is 67.3. The van der Waals surface area contributed by atoms with Crippen LogP contribution < -0.4 is 4.72 Å². The zero-order valence-electron chi connectivity index (χ0n) is 11.2. The second kappa shape index (κ2) is 6.09. The van der Waals surface area contributed by atoms with E-state index in [2.05, 4.69) is 9.47 Å². The Bertz CT molecular complexity index is 831. The molecule has 0 saturated carbocycles. The van der Waals surface area contributed by atoms with Crippen molar-refractivity contribution in [3.8, 4) is 0 Å². The summed E-state index contributed by atoms with van der Waals surface area (Å²) in [6.07, 6.45) is -3.73. The molecular formula is C10H8ClF3N4O3S2. The maximum Gasteiger partial charge on any atom is 0.435 e. The van der Waals surface area contributed by atoms with E-state index < -0.39 is 33.8 Å². The molecule has 1 unspecified atom stereocenters. The van der Waals surface area contributed by atoms with E-state index in [1.54, 1.807) is 4.72 Å². The van der Waals surface area contributed by atoms with Crippen LogP contribution in [0.2, 0.25) is 5.15 Å². The molecule has 0 aliphatic carbocycles. The molecule has 23 heavy (non-hydrogen) atoms. The van der Waals surface area contributed by atoms with Crippen molar-refractivity contribution in [2.45, 2.75) is 24.0 Å². The van der Waals surface area contributed by atoms with Crippen molar-refractivity contribution in [2.24, 2.45) is 0 Å². The minimum Gasteiger partial charge on any atom is -0.272 e. The molecule has 2 aromatic heterocycles. The highest BCUT2D eigenvalue weighted by atomic mass is 35.5. The summed E-state index contributed by atoms with van der Waals surface area (Å²) in [4.78, 5) is 11.5. The Morgan fingerprint density at radius 1 is 1.48 bits per heavy atom. The lowest BCUT2D eigenvalue weighted by Crippen LogP contribution is -2.36. The van der Waals surface area contributed by atoms with E-state index in [-0.39, 0.29) is 10.0 Å².